The van der Waals surface area contributed by atoms with Crippen molar-refractivity contribution in [2.45, 2.75) is 18.7 Å². The first-order valence-corrected chi connectivity index (χ1v) is 10.1. The quantitative estimate of drug-likeness (QED) is 0.443. The lowest BCUT2D eigenvalue weighted by Crippen LogP contribution is -2.33. The monoisotopic (exact) mass is 428 g/mol. The molecule has 5 rings (SSSR count). The van der Waals surface area contributed by atoms with Crippen LogP contribution in [0, 0.1) is 0 Å². The topological polar surface area (TPSA) is 24.8 Å². The molecule has 0 fully saturated rings. The summed E-state index contributed by atoms with van der Waals surface area (Å²) in [5.74, 6) is 0.675. The molecule has 3 aromatic rings. The van der Waals surface area contributed by atoms with E-state index in [0.717, 1.165) is 28.8 Å². The largest absolute Gasteiger partial charge is 0.463 e. The molecule has 0 N–H and O–H groups in total. The van der Waals surface area contributed by atoms with Gasteiger partial charge in [0.1, 0.15) is 5.75 Å². The number of fused-ring (bicyclic) bond motifs is 3. The Morgan fingerprint density at radius 3 is 2.39 bits per heavy atom. The summed E-state index contributed by atoms with van der Waals surface area (Å²) in [7, 11) is 0. The molecule has 140 valence electrons. The lowest BCUT2D eigenvalue weighted by atomic mass is 9.96. The Hall–Kier alpha value is -2.20. The molecule has 3 nitrogen and oxygen atoms in total. The molecule has 0 radical (unpaired) electrons. The molecule has 0 aromatic heterocycles. The molecule has 2 aliphatic rings. The number of benzene rings is 3. The fourth-order valence-corrected chi connectivity index (χ4v) is 4.45. The SMILES string of the molecule is Clc1ccc(C2=NN3[C@H](C2)c2cc(Cl)cc(Cl)c2O[C@H]3c2ccccc2)cc1. The molecule has 28 heavy (non-hydrogen) atoms. The minimum Gasteiger partial charge on any atom is -0.463 e. The van der Waals surface area contributed by atoms with Crippen molar-refractivity contribution >= 4 is 40.5 Å². The van der Waals surface area contributed by atoms with Crippen LogP contribution in [0.1, 0.15) is 35.4 Å². The van der Waals surface area contributed by atoms with Gasteiger partial charge in [-0.05, 0) is 29.8 Å². The molecular formula is C22H15Cl3N2O. The van der Waals surface area contributed by atoms with Crippen molar-refractivity contribution in [1.29, 1.82) is 0 Å². The summed E-state index contributed by atoms with van der Waals surface area (Å²) in [5.41, 5.74) is 4.00. The van der Waals surface area contributed by atoms with E-state index in [1.54, 1.807) is 6.07 Å². The normalized spacial score (nSPS) is 20.2. The number of hydrogen-bond donors (Lipinski definition) is 0. The molecule has 2 atom stereocenters. The van der Waals surface area contributed by atoms with Crippen molar-refractivity contribution < 1.29 is 4.74 Å². The maximum atomic E-state index is 6.48. The van der Waals surface area contributed by atoms with E-state index >= 15 is 0 Å². The van der Waals surface area contributed by atoms with Gasteiger partial charge in [-0.25, -0.2) is 5.01 Å². The van der Waals surface area contributed by atoms with Crippen LogP contribution < -0.4 is 4.74 Å². The second-order valence-electron chi connectivity index (χ2n) is 6.84. The first kappa shape index (κ1) is 17.9. The first-order chi connectivity index (χ1) is 13.6. The van der Waals surface area contributed by atoms with E-state index in [9.17, 15) is 0 Å². The third-order valence-electron chi connectivity index (χ3n) is 5.07. The van der Waals surface area contributed by atoms with Crippen LogP contribution in [0.4, 0.5) is 0 Å². The Morgan fingerprint density at radius 1 is 0.893 bits per heavy atom. The fraction of sp³-hybridized carbons (Fsp3) is 0.136. The Bertz CT molecular complexity index is 1070. The highest BCUT2D eigenvalue weighted by atomic mass is 35.5. The number of halogens is 3. The first-order valence-electron chi connectivity index (χ1n) is 8.92. The van der Waals surface area contributed by atoms with Gasteiger partial charge in [-0.2, -0.15) is 5.10 Å². The molecule has 0 amide bonds. The van der Waals surface area contributed by atoms with E-state index in [-0.39, 0.29) is 12.3 Å². The van der Waals surface area contributed by atoms with Crippen LogP contribution in [0.25, 0.3) is 0 Å². The minimum atomic E-state index is -0.359. The summed E-state index contributed by atoms with van der Waals surface area (Å²) in [5, 5.41) is 8.74. The summed E-state index contributed by atoms with van der Waals surface area (Å²) < 4.78 is 6.33. The zero-order valence-corrected chi connectivity index (χ0v) is 16.9. The zero-order chi connectivity index (χ0) is 19.3. The lowest BCUT2D eigenvalue weighted by Gasteiger charge is -2.38. The number of hydrazone groups is 1. The second kappa shape index (κ2) is 7.00. The average Bonchev–Trinajstić information content (AvgIpc) is 3.14. The van der Waals surface area contributed by atoms with Gasteiger partial charge in [0, 0.05) is 27.6 Å². The van der Waals surface area contributed by atoms with Crippen molar-refractivity contribution in [1.82, 2.24) is 5.01 Å². The summed E-state index contributed by atoms with van der Waals surface area (Å²) in [4.78, 5) is 0. The number of rotatable bonds is 2. The zero-order valence-electron chi connectivity index (χ0n) is 14.6. The van der Waals surface area contributed by atoms with Crippen LogP contribution in [0.2, 0.25) is 15.1 Å². The van der Waals surface area contributed by atoms with Crippen LogP contribution >= 0.6 is 34.8 Å². The third-order valence-corrected chi connectivity index (χ3v) is 5.82. The predicted octanol–water partition coefficient (Wildman–Crippen LogP) is 6.89. The van der Waals surface area contributed by atoms with Crippen LogP contribution in [0.3, 0.4) is 0 Å². The van der Waals surface area contributed by atoms with Gasteiger partial charge in [0.15, 0.2) is 0 Å². The molecular weight excluding hydrogens is 415 g/mol. The van der Waals surface area contributed by atoms with Crippen molar-refractivity contribution in [3.63, 3.8) is 0 Å². The number of hydrogen-bond acceptors (Lipinski definition) is 3. The van der Waals surface area contributed by atoms with Crippen LogP contribution in [0.15, 0.2) is 71.8 Å². The molecule has 2 heterocycles. The van der Waals surface area contributed by atoms with Crippen LogP contribution in [0.5, 0.6) is 5.75 Å². The van der Waals surface area contributed by atoms with Crippen molar-refractivity contribution in [2.24, 2.45) is 5.10 Å². The highest BCUT2D eigenvalue weighted by Crippen LogP contribution is 2.50. The van der Waals surface area contributed by atoms with Gasteiger partial charge in [0.25, 0.3) is 0 Å². The molecule has 0 bridgehead atoms. The Balaban J connectivity index is 1.63. The van der Waals surface area contributed by atoms with Gasteiger partial charge in [0.05, 0.1) is 16.8 Å². The van der Waals surface area contributed by atoms with Gasteiger partial charge in [0.2, 0.25) is 6.23 Å². The Morgan fingerprint density at radius 2 is 1.64 bits per heavy atom. The molecule has 0 spiro atoms. The summed E-state index contributed by atoms with van der Waals surface area (Å²) in [6, 6.07) is 21.4. The van der Waals surface area contributed by atoms with E-state index < -0.39 is 0 Å². The highest BCUT2D eigenvalue weighted by molar-refractivity contribution is 6.35. The van der Waals surface area contributed by atoms with Crippen molar-refractivity contribution in [2.75, 3.05) is 0 Å². The summed E-state index contributed by atoms with van der Waals surface area (Å²) in [6.07, 6.45) is 0.375. The van der Waals surface area contributed by atoms with E-state index in [0.29, 0.717) is 20.8 Å². The summed E-state index contributed by atoms with van der Waals surface area (Å²) >= 11 is 18.8. The molecule has 0 unspecified atom stereocenters. The third kappa shape index (κ3) is 3.04. The molecule has 0 aliphatic carbocycles. The van der Waals surface area contributed by atoms with Gasteiger partial charge >= 0.3 is 0 Å². The van der Waals surface area contributed by atoms with E-state index in [1.165, 1.54) is 0 Å². The van der Waals surface area contributed by atoms with Gasteiger partial charge < -0.3 is 4.74 Å². The molecule has 0 saturated carbocycles. The van der Waals surface area contributed by atoms with Gasteiger partial charge in [-0.1, -0.05) is 77.3 Å². The average molecular weight is 430 g/mol. The highest BCUT2D eigenvalue weighted by Gasteiger charge is 2.42. The fourth-order valence-electron chi connectivity index (χ4n) is 3.77. The number of ether oxygens (including phenoxy) is 1. The van der Waals surface area contributed by atoms with Gasteiger partial charge in [-0.3, -0.25) is 0 Å². The maximum absolute atomic E-state index is 6.48. The molecule has 2 aliphatic heterocycles. The molecule has 0 saturated heterocycles. The smallest absolute Gasteiger partial charge is 0.213 e. The molecule has 6 heteroatoms. The van der Waals surface area contributed by atoms with Crippen molar-refractivity contribution in [3.05, 3.63) is 98.5 Å². The minimum absolute atomic E-state index is 0.00386. The molecule has 3 aromatic carbocycles. The lowest BCUT2D eigenvalue weighted by molar-refractivity contribution is -0.0189. The van der Waals surface area contributed by atoms with Crippen LogP contribution in [-0.2, 0) is 0 Å². The Kier molecular flexibility index (Phi) is 4.47. The van der Waals surface area contributed by atoms with E-state index in [4.69, 9.17) is 44.6 Å². The standard InChI is InChI=1S/C22H15Cl3N2O/c23-15-8-6-13(7-9-15)19-12-20-17-10-16(24)11-18(25)21(17)28-22(27(20)26-19)14-4-2-1-3-5-14/h1-11,20,22H,12H2/t20-,22+/m1/s1. The van der Waals surface area contributed by atoms with Crippen LogP contribution in [-0.4, -0.2) is 10.7 Å². The van der Waals surface area contributed by atoms with Gasteiger partial charge in [-0.15, -0.1) is 0 Å². The summed E-state index contributed by atoms with van der Waals surface area (Å²) in [6.45, 7) is 0. The second-order valence-corrected chi connectivity index (χ2v) is 8.12. The van der Waals surface area contributed by atoms with Crippen molar-refractivity contribution in [3.8, 4) is 5.75 Å². The Labute approximate surface area is 178 Å². The maximum Gasteiger partial charge on any atom is 0.213 e. The predicted molar refractivity (Wildman–Crippen MR) is 113 cm³/mol. The number of nitrogens with zero attached hydrogens (tertiary/aromatic N) is 2. The van der Waals surface area contributed by atoms with E-state index in [1.807, 2.05) is 65.7 Å². The van der Waals surface area contributed by atoms with E-state index in [2.05, 4.69) is 0 Å².